The van der Waals surface area contributed by atoms with Gasteiger partial charge in [-0.15, -0.1) is 0 Å². The number of pyridine rings is 1. The minimum atomic E-state index is -3.60. The van der Waals surface area contributed by atoms with E-state index in [0.29, 0.717) is 13.0 Å². The molecule has 2 heterocycles. The number of H-pyrrole nitrogens is 1. The van der Waals surface area contributed by atoms with Gasteiger partial charge >= 0.3 is 0 Å². The van der Waals surface area contributed by atoms with Crippen molar-refractivity contribution < 1.29 is 8.42 Å². The highest BCUT2D eigenvalue weighted by molar-refractivity contribution is 7.89. The average Bonchev–Trinajstić information content (AvgIpc) is 2.82. The van der Waals surface area contributed by atoms with Crippen LogP contribution in [0.2, 0.25) is 0 Å². The van der Waals surface area contributed by atoms with Crippen molar-refractivity contribution in [3.05, 3.63) is 42.4 Å². The van der Waals surface area contributed by atoms with Gasteiger partial charge in [-0.25, -0.2) is 18.1 Å². The Balaban J connectivity index is 2.02. The Kier molecular flexibility index (Phi) is 3.63. The summed E-state index contributed by atoms with van der Waals surface area (Å²) in [5.74, 6) is 0.00451. The van der Waals surface area contributed by atoms with Crippen molar-refractivity contribution >= 4 is 15.8 Å². The van der Waals surface area contributed by atoms with Crippen LogP contribution >= 0.6 is 0 Å². The number of sulfonamides is 1. The summed E-state index contributed by atoms with van der Waals surface area (Å²) >= 11 is 0. The Labute approximate surface area is 105 Å². The molecule has 0 saturated heterocycles. The second-order valence-electron chi connectivity index (χ2n) is 3.73. The van der Waals surface area contributed by atoms with E-state index in [4.69, 9.17) is 5.73 Å². The first-order valence-electron chi connectivity index (χ1n) is 5.42. The normalized spacial score (nSPS) is 11.6. The summed E-state index contributed by atoms with van der Waals surface area (Å²) in [4.78, 5) is 6.77. The van der Waals surface area contributed by atoms with E-state index in [0.717, 1.165) is 5.69 Å². The summed E-state index contributed by atoms with van der Waals surface area (Å²) in [5, 5.41) is 0. The minimum absolute atomic E-state index is 0.00451. The standard InChI is InChI=1S/C11H14N4O2S/c12-11-10(4-2-7-14-11)18(16,17)15-8-5-9-3-1-6-13-9/h1-4,6-7,13,15H,5,8H2,(H2,12,14). The van der Waals surface area contributed by atoms with Crippen LogP contribution in [0.5, 0.6) is 0 Å². The largest absolute Gasteiger partial charge is 0.383 e. The van der Waals surface area contributed by atoms with Gasteiger partial charge in [0.2, 0.25) is 10.0 Å². The highest BCUT2D eigenvalue weighted by Crippen LogP contribution is 2.13. The third-order valence-electron chi connectivity index (χ3n) is 2.44. The van der Waals surface area contributed by atoms with E-state index in [9.17, 15) is 8.42 Å². The first-order valence-corrected chi connectivity index (χ1v) is 6.90. The SMILES string of the molecule is Nc1ncccc1S(=O)(=O)NCCc1ccc[nH]1. The van der Waals surface area contributed by atoms with Gasteiger partial charge in [0, 0.05) is 31.1 Å². The van der Waals surface area contributed by atoms with Crippen LogP contribution in [0.3, 0.4) is 0 Å². The molecule has 7 heteroatoms. The number of aromatic nitrogens is 2. The summed E-state index contributed by atoms with van der Waals surface area (Å²) in [6.45, 7) is 0.303. The summed E-state index contributed by atoms with van der Waals surface area (Å²) < 4.78 is 26.4. The summed E-state index contributed by atoms with van der Waals surface area (Å²) in [5.41, 5.74) is 6.51. The van der Waals surface area contributed by atoms with Gasteiger partial charge in [-0.05, 0) is 24.3 Å². The van der Waals surface area contributed by atoms with E-state index in [2.05, 4.69) is 14.7 Å². The molecule has 0 aromatic carbocycles. The number of hydrogen-bond donors (Lipinski definition) is 3. The van der Waals surface area contributed by atoms with Crippen LogP contribution in [-0.4, -0.2) is 24.9 Å². The lowest BCUT2D eigenvalue weighted by Gasteiger charge is -2.07. The fourth-order valence-corrected chi connectivity index (χ4v) is 2.66. The molecule has 0 radical (unpaired) electrons. The van der Waals surface area contributed by atoms with E-state index in [1.54, 1.807) is 6.20 Å². The molecule has 0 fully saturated rings. The zero-order valence-corrected chi connectivity index (χ0v) is 10.4. The molecular formula is C11H14N4O2S. The Morgan fingerprint density at radius 3 is 2.83 bits per heavy atom. The molecule has 4 N–H and O–H groups in total. The topological polar surface area (TPSA) is 101 Å². The van der Waals surface area contributed by atoms with Crippen LogP contribution in [0.1, 0.15) is 5.69 Å². The summed E-state index contributed by atoms with van der Waals surface area (Å²) in [6.07, 6.45) is 3.84. The fraction of sp³-hybridized carbons (Fsp3) is 0.182. The lowest BCUT2D eigenvalue weighted by atomic mass is 10.3. The number of nitrogens with zero attached hydrogens (tertiary/aromatic N) is 1. The molecule has 6 nitrogen and oxygen atoms in total. The highest BCUT2D eigenvalue weighted by atomic mass is 32.2. The molecule has 2 rings (SSSR count). The number of nitrogen functional groups attached to an aromatic ring is 1. The van der Waals surface area contributed by atoms with Crippen molar-refractivity contribution in [1.29, 1.82) is 0 Å². The number of hydrogen-bond acceptors (Lipinski definition) is 4. The van der Waals surface area contributed by atoms with Crippen molar-refractivity contribution in [2.75, 3.05) is 12.3 Å². The molecule has 0 spiro atoms. The van der Waals surface area contributed by atoms with Crippen molar-refractivity contribution in [2.24, 2.45) is 0 Å². The van der Waals surface area contributed by atoms with Crippen LogP contribution in [0.25, 0.3) is 0 Å². The molecule has 2 aromatic rings. The molecule has 0 amide bonds. The van der Waals surface area contributed by atoms with Gasteiger partial charge in [0.15, 0.2) is 0 Å². The second kappa shape index (κ2) is 5.19. The lowest BCUT2D eigenvalue weighted by Crippen LogP contribution is -2.27. The van der Waals surface area contributed by atoms with Crippen molar-refractivity contribution in [1.82, 2.24) is 14.7 Å². The Bertz CT molecular complexity index is 608. The van der Waals surface area contributed by atoms with Crippen LogP contribution < -0.4 is 10.5 Å². The second-order valence-corrected chi connectivity index (χ2v) is 5.47. The van der Waals surface area contributed by atoms with Crippen LogP contribution in [0.15, 0.2) is 41.6 Å². The smallest absolute Gasteiger partial charge is 0.244 e. The molecule has 0 atom stereocenters. The molecule has 0 aliphatic rings. The van der Waals surface area contributed by atoms with Crippen molar-refractivity contribution in [3.8, 4) is 0 Å². The van der Waals surface area contributed by atoms with E-state index in [1.807, 2.05) is 12.1 Å². The average molecular weight is 266 g/mol. The predicted molar refractivity (Wildman–Crippen MR) is 68.3 cm³/mol. The van der Waals surface area contributed by atoms with Crippen molar-refractivity contribution in [3.63, 3.8) is 0 Å². The number of anilines is 1. The Morgan fingerprint density at radius 2 is 2.17 bits per heavy atom. The summed E-state index contributed by atoms with van der Waals surface area (Å²) in [6, 6.07) is 6.73. The third kappa shape index (κ3) is 2.88. The Morgan fingerprint density at radius 1 is 1.33 bits per heavy atom. The quantitative estimate of drug-likeness (QED) is 0.734. The molecule has 2 aromatic heterocycles. The molecule has 0 saturated carbocycles. The first-order chi connectivity index (χ1) is 8.59. The molecular weight excluding hydrogens is 252 g/mol. The first kappa shape index (κ1) is 12.6. The van der Waals surface area contributed by atoms with E-state index < -0.39 is 10.0 Å². The maximum Gasteiger partial charge on any atom is 0.244 e. The zero-order chi connectivity index (χ0) is 13.0. The minimum Gasteiger partial charge on any atom is -0.383 e. The molecule has 18 heavy (non-hydrogen) atoms. The third-order valence-corrected chi connectivity index (χ3v) is 3.95. The number of aromatic amines is 1. The molecule has 0 aliphatic heterocycles. The molecule has 0 bridgehead atoms. The van der Waals surface area contributed by atoms with Gasteiger partial charge in [-0.2, -0.15) is 0 Å². The van der Waals surface area contributed by atoms with Gasteiger partial charge < -0.3 is 10.7 Å². The maximum absolute atomic E-state index is 11.9. The maximum atomic E-state index is 11.9. The zero-order valence-electron chi connectivity index (χ0n) is 9.63. The van der Waals surface area contributed by atoms with E-state index >= 15 is 0 Å². The van der Waals surface area contributed by atoms with Gasteiger partial charge in [-0.3, -0.25) is 0 Å². The Hall–Kier alpha value is -1.86. The summed E-state index contributed by atoms with van der Waals surface area (Å²) in [7, 11) is -3.60. The van der Waals surface area contributed by atoms with Crippen LogP contribution in [-0.2, 0) is 16.4 Å². The van der Waals surface area contributed by atoms with Gasteiger partial charge in [-0.1, -0.05) is 0 Å². The number of rotatable bonds is 5. The van der Waals surface area contributed by atoms with Crippen molar-refractivity contribution in [2.45, 2.75) is 11.3 Å². The highest BCUT2D eigenvalue weighted by Gasteiger charge is 2.16. The molecule has 0 unspecified atom stereocenters. The van der Waals surface area contributed by atoms with Crippen LogP contribution in [0, 0.1) is 0 Å². The lowest BCUT2D eigenvalue weighted by molar-refractivity contribution is 0.581. The molecule has 96 valence electrons. The van der Waals surface area contributed by atoms with E-state index in [1.165, 1.54) is 18.3 Å². The number of nitrogens with two attached hydrogens (primary N) is 1. The van der Waals surface area contributed by atoms with E-state index in [-0.39, 0.29) is 10.7 Å². The van der Waals surface area contributed by atoms with Gasteiger partial charge in [0.1, 0.15) is 10.7 Å². The number of nitrogens with one attached hydrogen (secondary N) is 2. The monoisotopic (exact) mass is 266 g/mol. The van der Waals surface area contributed by atoms with Gasteiger partial charge in [0.05, 0.1) is 0 Å². The van der Waals surface area contributed by atoms with Crippen LogP contribution in [0.4, 0.5) is 5.82 Å². The van der Waals surface area contributed by atoms with Gasteiger partial charge in [0.25, 0.3) is 0 Å². The fourth-order valence-electron chi connectivity index (χ4n) is 1.55. The predicted octanol–water partition coefficient (Wildman–Crippen LogP) is 0.513. The molecule has 0 aliphatic carbocycles.